The van der Waals surface area contributed by atoms with Crippen LogP contribution in [0, 0.1) is 13.8 Å². The fourth-order valence-electron chi connectivity index (χ4n) is 2.11. The zero-order valence-corrected chi connectivity index (χ0v) is 14.2. The molecule has 21 heavy (non-hydrogen) atoms. The molecule has 0 aliphatic rings. The van der Waals surface area contributed by atoms with Crippen LogP contribution in [0.25, 0.3) is 0 Å². The molecule has 5 nitrogen and oxygen atoms in total. The fourth-order valence-corrected chi connectivity index (χ4v) is 3.91. The molecular weight excluding hydrogens is 291 g/mol. The van der Waals surface area contributed by atoms with Gasteiger partial charge < -0.3 is 13.8 Å². The Morgan fingerprint density at radius 1 is 1.10 bits per heavy atom. The molecule has 0 N–H and O–H groups in total. The van der Waals surface area contributed by atoms with Crippen LogP contribution in [0.3, 0.4) is 0 Å². The van der Waals surface area contributed by atoms with Crippen molar-refractivity contribution in [3.8, 4) is 0 Å². The maximum absolute atomic E-state index is 12.6. The highest BCUT2D eigenvalue weighted by Crippen LogP contribution is 2.51. The maximum Gasteiger partial charge on any atom is 0.338 e. The minimum atomic E-state index is -3.15. The second-order valence-corrected chi connectivity index (χ2v) is 6.74. The third-order valence-electron chi connectivity index (χ3n) is 3.10. The van der Waals surface area contributed by atoms with E-state index in [0.29, 0.717) is 18.8 Å². The SMILES string of the molecule is CCOP(=O)(Cc1cc(C)c(C(=O)OC)cc1C)OCC. The van der Waals surface area contributed by atoms with E-state index in [0.717, 1.165) is 16.7 Å². The lowest BCUT2D eigenvalue weighted by Gasteiger charge is -2.19. The molecule has 1 aromatic carbocycles. The predicted molar refractivity (Wildman–Crippen MR) is 81.8 cm³/mol. The van der Waals surface area contributed by atoms with Crippen molar-refractivity contribution in [2.75, 3.05) is 20.3 Å². The van der Waals surface area contributed by atoms with Crippen LogP contribution >= 0.6 is 7.60 Å². The van der Waals surface area contributed by atoms with Gasteiger partial charge >= 0.3 is 13.6 Å². The molecule has 118 valence electrons. The van der Waals surface area contributed by atoms with Crippen molar-refractivity contribution in [1.82, 2.24) is 0 Å². The molecule has 0 aliphatic carbocycles. The molecule has 0 saturated carbocycles. The smallest absolute Gasteiger partial charge is 0.338 e. The average Bonchev–Trinajstić information content (AvgIpc) is 2.42. The standard InChI is InChI=1S/C15H23O5P/c1-6-19-21(17,20-7-2)10-13-8-12(4)14(9-11(13)3)15(16)18-5/h8-9H,6-7,10H2,1-5H3. The largest absolute Gasteiger partial charge is 0.465 e. The first-order valence-corrected chi connectivity index (χ1v) is 8.66. The molecule has 0 atom stereocenters. The second kappa shape index (κ2) is 7.74. The Morgan fingerprint density at radius 3 is 2.14 bits per heavy atom. The van der Waals surface area contributed by atoms with Gasteiger partial charge in [0.1, 0.15) is 0 Å². The van der Waals surface area contributed by atoms with Gasteiger partial charge in [-0.2, -0.15) is 0 Å². The number of ether oxygens (including phenoxy) is 1. The molecule has 1 rings (SSSR count). The van der Waals surface area contributed by atoms with Crippen LogP contribution in [0.1, 0.15) is 40.9 Å². The van der Waals surface area contributed by atoms with Crippen molar-refractivity contribution in [3.63, 3.8) is 0 Å². The molecular formula is C15H23O5P. The van der Waals surface area contributed by atoms with E-state index in [4.69, 9.17) is 13.8 Å². The van der Waals surface area contributed by atoms with Gasteiger partial charge in [-0.05, 0) is 50.5 Å². The van der Waals surface area contributed by atoms with Crippen LogP contribution in [-0.2, 0) is 24.5 Å². The van der Waals surface area contributed by atoms with Crippen molar-refractivity contribution in [2.24, 2.45) is 0 Å². The van der Waals surface area contributed by atoms with E-state index >= 15 is 0 Å². The molecule has 0 aromatic heterocycles. The molecule has 0 fully saturated rings. The monoisotopic (exact) mass is 314 g/mol. The Balaban J connectivity index is 3.12. The number of aryl methyl sites for hydroxylation is 2. The fraction of sp³-hybridized carbons (Fsp3) is 0.533. The van der Waals surface area contributed by atoms with Crippen LogP contribution in [0.5, 0.6) is 0 Å². The van der Waals surface area contributed by atoms with E-state index < -0.39 is 7.60 Å². The molecule has 0 saturated heterocycles. The molecule has 0 unspecified atom stereocenters. The zero-order valence-electron chi connectivity index (χ0n) is 13.3. The average molecular weight is 314 g/mol. The first kappa shape index (κ1) is 17.9. The lowest BCUT2D eigenvalue weighted by atomic mass is 10.0. The zero-order chi connectivity index (χ0) is 16.0. The summed E-state index contributed by atoms with van der Waals surface area (Å²) in [5.41, 5.74) is 3.01. The molecule has 0 spiro atoms. The number of benzene rings is 1. The van der Waals surface area contributed by atoms with Crippen LogP contribution in [0.15, 0.2) is 12.1 Å². The number of esters is 1. The van der Waals surface area contributed by atoms with Gasteiger partial charge in [0.05, 0.1) is 32.0 Å². The molecule has 0 aliphatic heterocycles. The van der Waals surface area contributed by atoms with Gasteiger partial charge in [-0.25, -0.2) is 4.79 Å². The van der Waals surface area contributed by atoms with Crippen molar-refractivity contribution >= 4 is 13.6 Å². The van der Waals surface area contributed by atoms with Crippen LogP contribution in [0.2, 0.25) is 0 Å². The minimum absolute atomic E-state index is 0.197. The van der Waals surface area contributed by atoms with E-state index in [2.05, 4.69) is 0 Å². The normalized spacial score (nSPS) is 11.5. The lowest BCUT2D eigenvalue weighted by Crippen LogP contribution is -2.07. The van der Waals surface area contributed by atoms with Gasteiger partial charge in [0, 0.05) is 0 Å². The predicted octanol–water partition coefficient (Wildman–Crippen LogP) is 3.86. The first-order chi connectivity index (χ1) is 9.86. The number of methoxy groups -OCH3 is 1. The van der Waals surface area contributed by atoms with Gasteiger partial charge in [-0.3, -0.25) is 4.57 Å². The van der Waals surface area contributed by atoms with E-state index in [-0.39, 0.29) is 12.1 Å². The van der Waals surface area contributed by atoms with E-state index in [1.165, 1.54) is 7.11 Å². The maximum atomic E-state index is 12.6. The molecule has 0 heterocycles. The van der Waals surface area contributed by atoms with Gasteiger partial charge in [0.2, 0.25) is 0 Å². The second-order valence-electron chi connectivity index (χ2n) is 4.69. The highest BCUT2D eigenvalue weighted by atomic mass is 31.2. The third kappa shape index (κ3) is 4.67. The van der Waals surface area contributed by atoms with Gasteiger partial charge in [0.15, 0.2) is 0 Å². The summed E-state index contributed by atoms with van der Waals surface area (Å²) in [6.07, 6.45) is 0.197. The number of carbonyl (C=O) groups is 1. The summed E-state index contributed by atoms with van der Waals surface area (Å²) in [4.78, 5) is 11.7. The van der Waals surface area contributed by atoms with Gasteiger partial charge in [0.25, 0.3) is 0 Å². The van der Waals surface area contributed by atoms with E-state index in [1.807, 2.05) is 19.9 Å². The highest BCUT2D eigenvalue weighted by Gasteiger charge is 2.25. The Hall–Kier alpha value is -1.16. The molecule has 1 aromatic rings. The summed E-state index contributed by atoms with van der Waals surface area (Å²) in [6.45, 7) is 7.91. The number of carbonyl (C=O) groups excluding carboxylic acids is 1. The van der Waals surface area contributed by atoms with Crippen molar-refractivity contribution in [1.29, 1.82) is 0 Å². The Kier molecular flexibility index (Phi) is 6.59. The van der Waals surface area contributed by atoms with Gasteiger partial charge in [-0.1, -0.05) is 6.07 Å². The number of hydrogen-bond donors (Lipinski definition) is 0. The van der Waals surface area contributed by atoms with Crippen molar-refractivity contribution in [3.05, 3.63) is 34.4 Å². The van der Waals surface area contributed by atoms with Crippen LogP contribution in [0.4, 0.5) is 0 Å². The van der Waals surface area contributed by atoms with Crippen molar-refractivity contribution < 1.29 is 23.1 Å². The Morgan fingerprint density at radius 2 is 1.67 bits per heavy atom. The molecule has 0 amide bonds. The Bertz CT molecular complexity index is 543. The lowest BCUT2D eigenvalue weighted by molar-refractivity contribution is 0.0600. The quantitative estimate of drug-likeness (QED) is 0.565. The van der Waals surface area contributed by atoms with E-state index in [9.17, 15) is 9.36 Å². The summed E-state index contributed by atoms with van der Waals surface area (Å²) < 4.78 is 28.0. The third-order valence-corrected chi connectivity index (χ3v) is 5.13. The summed E-state index contributed by atoms with van der Waals surface area (Å²) in [5.74, 6) is -0.375. The Labute approximate surface area is 126 Å². The minimum Gasteiger partial charge on any atom is -0.465 e. The highest BCUT2D eigenvalue weighted by molar-refractivity contribution is 7.53. The summed E-state index contributed by atoms with van der Waals surface area (Å²) in [7, 11) is -1.80. The first-order valence-electron chi connectivity index (χ1n) is 6.93. The van der Waals surface area contributed by atoms with Crippen molar-refractivity contribution in [2.45, 2.75) is 33.9 Å². The van der Waals surface area contributed by atoms with E-state index in [1.54, 1.807) is 19.9 Å². The van der Waals surface area contributed by atoms with Crippen LogP contribution in [-0.4, -0.2) is 26.3 Å². The van der Waals surface area contributed by atoms with Crippen LogP contribution < -0.4 is 0 Å². The summed E-state index contributed by atoms with van der Waals surface area (Å²) >= 11 is 0. The number of rotatable bonds is 7. The summed E-state index contributed by atoms with van der Waals surface area (Å²) in [6, 6.07) is 3.59. The topological polar surface area (TPSA) is 61.8 Å². The summed E-state index contributed by atoms with van der Waals surface area (Å²) in [5, 5.41) is 0. The molecule has 6 heteroatoms. The van der Waals surface area contributed by atoms with Gasteiger partial charge in [-0.15, -0.1) is 0 Å². The molecule has 0 bridgehead atoms. The molecule has 0 radical (unpaired) electrons. The number of hydrogen-bond acceptors (Lipinski definition) is 5.